The Morgan fingerprint density at radius 1 is 1.33 bits per heavy atom. The molecule has 1 unspecified atom stereocenters. The molecule has 0 bridgehead atoms. The summed E-state index contributed by atoms with van der Waals surface area (Å²) in [5, 5.41) is 12.6. The Kier molecular flexibility index (Phi) is 9.90. The van der Waals surface area contributed by atoms with Gasteiger partial charge in [-0.05, 0) is 48.1 Å². The zero-order valence-corrected chi connectivity index (χ0v) is 23.6. The lowest BCUT2D eigenvalue weighted by molar-refractivity contribution is -0.131. The molecule has 0 aliphatic carbocycles. The summed E-state index contributed by atoms with van der Waals surface area (Å²) in [6, 6.07) is 3.03. The van der Waals surface area contributed by atoms with Crippen LogP contribution in [-0.4, -0.2) is 62.8 Å². The third-order valence-electron chi connectivity index (χ3n) is 6.01. The monoisotopic (exact) mass is 556 g/mol. The third-order valence-corrected chi connectivity index (χ3v) is 6.80. The van der Waals surface area contributed by atoms with Gasteiger partial charge in [-0.2, -0.15) is 0 Å². The van der Waals surface area contributed by atoms with E-state index in [1.165, 1.54) is 40.6 Å². The van der Waals surface area contributed by atoms with Gasteiger partial charge >= 0.3 is 5.97 Å². The molecule has 12 heteroatoms. The maximum atomic E-state index is 13.4. The molecular weight excluding hydrogens is 520 g/mol. The highest BCUT2D eigenvalue weighted by atomic mass is 32.2. The number of nitrogens with one attached hydrogen (secondary N) is 1. The number of pyridine rings is 1. The second-order valence-corrected chi connectivity index (χ2v) is 11.9. The van der Waals surface area contributed by atoms with Gasteiger partial charge in [0, 0.05) is 43.9 Å². The molecule has 1 atom stereocenters. The maximum Gasteiger partial charge on any atom is 0.328 e. The fourth-order valence-corrected chi connectivity index (χ4v) is 4.86. The summed E-state index contributed by atoms with van der Waals surface area (Å²) in [7, 11) is 0. The predicted octanol–water partition coefficient (Wildman–Crippen LogP) is 2.77. The SMILES string of the molecule is CCSC(=NCC(C)(C)C)NC(=O)c1ccn2c(=O)c(/C=C/C(=O)O)c(N3CCCC(CC(N)=O)C3)nc2c1. The molecule has 210 valence electrons. The second-order valence-electron chi connectivity index (χ2n) is 10.7. The summed E-state index contributed by atoms with van der Waals surface area (Å²) in [5.41, 5.74) is 5.55. The molecule has 0 spiro atoms. The van der Waals surface area contributed by atoms with E-state index in [0.29, 0.717) is 36.2 Å². The summed E-state index contributed by atoms with van der Waals surface area (Å²) in [4.78, 5) is 60.4. The Labute approximate surface area is 231 Å². The first kappa shape index (κ1) is 29.9. The molecule has 3 rings (SSSR count). The summed E-state index contributed by atoms with van der Waals surface area (Å²) in [5.74, 6) is -0.944. The maximum absolute atomic E-state index is 13.4. The number of hydrogen-bond donors (Lipinski definition) is 3. The van der Waals surface area contributed by atoms with Crippen molar-refractivity contribution < 1.29 is 19.5 Å². The number of nitrogens with zero attached hydrogens (tertiary/aromatic N) is 4. The van der Waals surface area contributed by atoms with Crippen LogP contribution in [0.25, 0.3) is 11.7 Å². The van der Waals surface area contributed by atoms with E-state index in [-0.39, 0.29) is 34.9 Å². The van der Waals surface area contributed by atoms with Crippen LogP contribution in [-0.2, 0) is 9.59 Å². The fourth-order valence-electron chi connectivity index (χ4n) is 4.27. The highest BCUT2D eigenvalue weighted by Crippen LogP contribution is 2.26. The lowest BCUT2D eigenvalue weighted by Gasteiger charge is -2.34. The first-order valence-electron chi connectivity index (χ1n) is 12.9. The lowest BCUT2D eigenvalue weighted by Crippen LogP contribution is -2.39. The van der Waals surface area contributed by atoms with Crippen LogP contribution in [0.15, 0.2) is 34.2 Å². The number of aromatic nitrogens is 2. The van der Waals surface area contributed by atoms with Crippen molar-refractivity contribution in [2.24, 2.45) is 22.1 Å². The van der Waals surface area contributed by atoms with Crippen LogP contribution in [0.5, 0.6) is 0 Å². The van der Waals surface area contributed by atoms with E-state index in [1.54, 1.807) is 0 Å². The Hall–Kier alpha value is -3.67. The van der Waals surface area contributed by atoms with Gasteiger partial charge in [-0.1, -0.05) is 39.5 Å². The lowest BCUT2D eigenvalue weighted by atomic mass is 9.94. The summed E-state index contributed by atoms with van der Waals surface area (Å²) in [6.07, 6.45) is 5.36. The van der Waals surface area contributed by atoms with Gasteiger partial charge in [0.05, 0.1) is 5.56 Å². The molecule has 0 aromatic carbocycles. The van der Waals surface area contributed by atoms with E-state index in [1.807, 2.05) is 11.8 Å². The smallest absolute Gasteiger partial charge is 0.328 e. The molecule has 1 aliphatic heterocycles. The topological polar surface area (TPSA) is 159 Å². The molecule has 1 aliphatic rings. The van der Waals surface area contributed by atoms with Gasteiger partial charge in [-0.3, -0.25) is 23.8 Å². The Bertz CT molecular complexity index is 1360. The molecule has 1 fully saturated rings. The predicted molar refractivity (Wildman–Crippen MR) is 154 cm³/mol. The van der Waals surface area contributed by atoms with Gasteiger partial charge in [-0.25, -0.2) is 9.78 Å². The number of carboxylic acid groups (broad SMARTS) is 1. The second kappa shape index (κ2) is 12.9. The summed E-state index contributed by atoms with van der Waals surface area (Å²) >= 11 is 1.43. The molecule has 1 saturated heterocycles. The van der Waals surface area contributed by atoms with Crippen LogP contribution >= 0.6 is 11.8 Å². The van der Waals surface area contributed by atoms with Crippen molar-refractivity contribution in [1.82, 2.24) is 14.7 Å². The number of hydrogen-bond acceptors (Lipinski definition) is 8. The van der Waals surface area contributed by atoms with Gasteiger partial charge in [0.15, 0.2) is 5.17 Å². The van der Waals surface area contributed by atoms with E-state index in [2.05, 4.69) is 31.1 Å². The molecule has 11 nitrogen and oxygen atoms in total. The minimum atomic E-state index is -1.20. The van der Waals surface area contributed by atoms with Gasteiger partial charge in [0.1, 0.15) is 11.5 Å². The van der Waals surface area contributed by atoms with Crippen LogP contribution in [0, 0.1) is 11.3 Å². The number of carbonyl (C=O) groups excluding carboxylic acids is 2. The van der Waals surface area contributed by atoms with E-state index in [9.17, 15) is 24.3 Å². The van der Waals surface area contributed by atoms with Crippen molar-refractivity contribution in [3.05, 3.63) is 45.9 Å². The summed E-state index contributed by atoms with van der Waals surface area (Å²) in [6.45, 7) is 9.74. The number of nitrogens with two attached hydrogens (primary N) is 1. The van der Waals surface area contributed by atoms with Crippen LogP contribution in [0.2, 0.25) is 0 Å². The molecule has 0 saturated carbocycles. The fraction of sp³-hybridized carbons (Fsp3) is 0.481. The van der Waals surface area contributed by atoms with Crippen molar-refractivity contribution in [3.63, 3.8) is 0 Å². The highest BCUT2D eigenvalue weighted by molar-refractivity contribution is 8.13. The van der Waals surface area contributed by atoms with Crippen molar-refractivity contribution in [2.45, 2.75) is 47.0 Å². The van der Waals surface area contributed by atoms with Crippen LogP contribution in [0.3, 0.4) is 0 Å². The quantitative estimate of drug-likeness (QED) is 0.254. The van der Waals surface area contributed by atoms with Gasteiger partial charge < -0.3 is 21.1 Å². The average molecular weight is 557 g/mol. The van der Waals surface area contributed by atoms with E-state index in [4.69, 9.17) is 10.7 Å². The molecule has 2 aromatic rings. The van der Waals surface area contributed by atoms with E-state index in [0.717, 1.165) is 24.7 Å². The Morgan fingerprint density at radius 3 is 2.72 bits per heavy atom. The Morgan fingerprint density at radius 2 is 2.08 bits per heavy atom. The minimum Gasteiger partial charge on any atom is -0.478 e. The van der Waals surface area contributed by atoms with Gasteiger partial charge in [0.25, 0.3) is 11.5 Å². The number of aliphatic imine (C=N–C) groups is 1. The number of thioether (sulfide) groups is 1. The van der Waals surface area contributed by atoms with Gasteiger partial charge in [-0.15, -0.1) is 0 Å². The molecular formula is C27H36N6O5S. The van der Waals surface area contributed by atoms with Gasteiger partial charge in [0.2, 0.25) is 5.91 Å². The number of fused-ring (bicyclic) bond motifs is 1. The van der Waals surface area contributed by atoms with Crippen LogP contribution in [0.4, 0.5) is 5.82 Å². The van der Waals surface area contributed by atoms with Crippen molar-refractivity contribution in [1.29, 1.82) is 0 Å². The number of amidine groups is 1. The normalized spacial score (nSPS) is 16.6. The zero-order chi connectivity index (χ0) is 28.7. The van der Waals surface area contributed by atoms with Crippen molar-refractivity contribution >= 4 is 52.3 Å². The van der Waals surface area contributed by atoms with Crippen LogP contribution in [0.1, 0.15) is 62.9 Å². The van der Waals surface area contributed by atoms with E-state index >= 15 is 0 Å². The highest BCUT2D eigenvalue weighted by Gasteiger charge is 2.26. The number of rotatable bonds is 8. The number of aliphatic carboxylic acids is 1. The average Bonchev–Trinajstić information content (AvgIpc) is 2.85. The van der Waals surface area contributed by atoms with E-state index < -0.39 is 17.4 Å². The van der Waals surface area contributed by atoms with Crippen molar-refractivity contribution in [2.75, 3.05) is 30.3 Å². The number of anilines is 1. The number of carbonyl (C=O) groups is 3. The number of piperidine rings is 1. The molecule has 2 amide bonds. The molecule has 0 radical (unpaired) electrons. The number of carboxylic acids is 1. The number of amides is 2. The molecule has 3 heterocycles. The zero-order valence-electron chi connectivity index (χ0n) is 22.8. The summed E-state index contributed by atoms with van der Waals surface area (Å²) < 4.78 is 1.28. The van der Waals surface area contributed by atoms with Crippen LogP contribution < -0.4 is 21.5 Å². The molecule has 39 heavy (non-hydrogen) atoms. The first-order valence-corrected chi connectivity index (χ1v) is 13.9. The third kappa shape index (κ3) is 8.41. The van der Waals surface area contributed by atoms with Crippen molar-refractivity contribution in [3.8, 4) is 0 Å². The Balaban J connectivity index is 2.02. The largest absolute Gasteiger partial charge is 0.478 e. The molecule has 2 aromatic heterocycles. The first-order chi connectivity index (χ1) is 18.4. The number of primary amides is 1. The minimum absolute atomic E-state index is 0.00760. The molecule has 4 N–H and O–H groups in total. The standard InChI is InChI=1S/C27H36N6O5S/c1-5-39-26(29-16-27(2,3)4)31-24(37)18-10-12-33-21(14-18)30-23(19(25(33)38)8-9-22(35)36)32-11-6-7-17(15-32)13-20(28)34/h8-10,12,14,17H,5-7,11,13,15-16H2,1-4H3,(H2,28,34)(H,35,36)(H,29,31,37)/b9-8+.